The van der Waals surface area contributed by atoms with E-state index in [1.165, 1.54) is 11.4 Å². The number of rotatable bonds is 4. The van der Waals surface area contributed by atoms with Crippen molar-refractivity contribution in [3.63, 3.8) is 0 Å². The Morgan fingerprint density at radius 3 is 2.56 bits per heavy atom. The van der Waals surface area contributed by atoms with E-state index in [0.717, 1.165) is 42.8 Å². The number of likely N-dealkylation sites (N-methyl/N-ethyl adjacent to an activating group) is 1. The zero-order valence-corrected chi connectivity index (χ0v) is 15.5. The summed E-state index contributed by atoms with van der Waals surface area (Å²) in [5.41, 5.74) is 5.80. The molecular formula is C22H27N3. The third-order valence-corrected chi connectivity index (χ3v) is 4.61. The van der Waals surface area contributed by atoms with Crippen LogP contribution in [0.2, 0.25) is 0 Å². The van der Waals surface area contributed by atoms with Crippen molar-refractivity contribution in [1.82, 2.24) is 9.80 Å². The van der Waals surface area contributed by atoms with Gasteiger partial charge in [-0.2, -0.15) is 5.26 Å². The lowest BCUT2D eigenvalue weighted by Crippen LogP contribution is -2.30. The van der Waals surface area contributed by atoms with Crippen LogP contribution < -0.4 is 0 Å². The maximum absolute atomic E-state index is 9.28. The third kappa shape index (κ3) is 4.42. The van der Waals surface area contributed by atoms with Gasteiger partial charge in [0.25, 0.3) is 0 Å². The Labute approximate surface area is 151 Å². The SMILES string of the molecule is C=C(/C=C\C1=C(/C)N(C(=C)C)CCCCN1C)c1ccccc1C#N. The number of hydrogen-bond donors (Lipinski definition) is 0. The summed E-state index contributed by atoms with van der Waals surface area (Å²) in [6.45, 7) is 14.5. The van der Waals surface area contributed by atoms with Gasteiger partial charge in [-0.3, -0.25) is 0 Å². The monoisotopic (exact) mass is 333 g/mol. The van der Waals surface area contributed by atoms with Crippen LogP contribution in [0.4, 0.5) is 0 Å². The Morgan fingerprint density at radius 1 is 1.20 bits per heavy atom. The summed E-state index contributed by atoms with van der Waals surface area (Å²) in [6, 6.07) is 9.81. The molecule has 130 valence electrons. The van der Waals surface area contributed by atoms with Gasteiger partial charge in [0.2, 0.25) is 0 Å². The van der Waals surface area contributed by atoms with Crippen LogP contribution >= 0.6 is 0 Å². The van der Waals surface area contributed by atoms with Crippen molar-refractivity contribution in [1.29, 1.82) is 5.26 Å². The fraction of sp³-hybridized carbons (Fsp3) is 0.318. The highest BCUT2D eigenvalue weighted by atomic mass is 15.2. The summed E-state index contributed by atoms with van der Waals surface area (Å²) >= 11 is 0. The molecule has 1 aliphatic heterocycles. The van der Waals surface area contributed by atoms with Crippen molar-refractivity contribution in [2.75, 3.05) is 20.1 Å². The van der Waals surface area contributed by atoms with Crippen LogP contribution in [0.15, 0.2) is 66.7 Å². The van der Waals surface area contributed by atoms with E-state index in [0.29, 0.717) is 5.56 Å². The summed E-state index contributed by atoms with van der Waals surface area (Å²) in [4.78, 5) is 4.56. The first-order chi connectivity index (χ1) is 12.0. The smallest absolute Gasteiger partial charge is 0.0998 e. The van der Waals surface area contributed by atoms with Crippen molar-refractivity contribution in [3.8, 4) is 6.07 Å². The van der Waals surface area contributed by atoms with Gasteiger partial charge in [-0.15, -0.1) is 0 Å². The topological polar surface area (TPSA) is 30.3 Å². The van der Waals surface area contributed by atoms with E-state index in [1.807, 2.05) is 30.3 Å². The van der Waals surface area contributed by atoms with E-state index in [4.69, 9.17) is 0 Å². The zero-order valence-electron chi connectivity index (χ0n) is 15.5. The average molecular weight is 333 g/mol. The van der Waals surface area contributed by atoms with E-state index < -0.39 is 0 Å². The van der Waals surface area contributed by atoms with E-state index in [-0.39, 0.29) is 0 Å². The van der Waals surface area contributed by atoms with Gasteiger partial charge < -0.3 is 9.80 Å². The molecule has 0 bridgehead atoms. The predicted molar refractivity (Wildman–Crippen MR) is 105 cm³/mol. The van der Waals surface area contributed by atoms with Crippen LogP contribution in [0.5, 0.6) is 0 Å². The molecule has 0 unspecified atom stereocenters. The molecule has 2 rings (SSSR count). The van der Waals surface area contributed by atoms with Gasteiger partial charge in [0.1, 0.15) is 0 Å². The first-order valence-electron chi connectivity index (χ1n) is 8.67. The minimum atomic E-state index is 0.650. The molecular weight excluding hydrogens is 306 g/mol. The maximum atomic E-state index is 9.28. The summed E-state index contributed by atoms with van der Waals surface area (Å²) in [6.07, 6.45) is 6.42. The molecule has 0 aliphatic carbocycles. The van der Waals surface area contributed by atoms with Gasteiger partial charge in [0.05, 0.1) is 17.3 Å². The standard InChI is InChI=1S/C22H27N3/c1-17(2)25-15-9-8-14-24(5)22(19(25)4)13-12-18(3)21-11-7-6-10-20(21)16-23/h6-7,10-13H,1,3,8-9,14-15H2,2,4-5H3/b13-12-,22-19-. The molecule has 0 N–H and O–H groups in total. The second-order valence-electron chi connectivity index (χ2n) is 6.50. The van der Waals surface area contributed by atoms with Crippen molar-refractivity contribution < 1.29 is 0 Å². The van der Waals surface area contributed by atoms with Crippen molar-refractivity contribution in [3.05, 3.63) is 77.8 Å². The number of nitrogens with zero attached hydrogens (tertiary/aromatic N) is 3. The summed E-state index contributed by atoms with van der Waals surface area (Å²) < 4.78 is 0. The van der Waals surface area contributed by atoms with Gasteiger partial charge >= 0.3 is 0 Å². The first-order valence-corrected chi connectivity index (χ1v) is 8.67. The van der Waals surface area contributed by atoms with Gasteiger partial charge in [-0.25, -0.2) is 0 Å². The average Bonchev–Trinajstić information content (AvgIpc) is 2.59. The second-order valence-corrected chi connectivity index (χ2v) is 6.50. The molecule has 0 atom stereocenters. The van der Waals surface area contributed by atoms with Crippen molar-refractivity contribution in [2.45, 2.75) is 26.7 Å². The van der Waals surface area contributed by atoms with Gasteiger partial charge in [-0.1, -0.05) is 37.4 Å². The maximum Gasteiger partial charge on any atom is 0.0998 e. The Bertz CT molecular complexity index is 762. The van der Waals surface area contributed by atoms with E-state index >= 15 is 0 Å². The number of benzene rings is 1. The zero-order chi connectivity index (χ0) is 18.4. The molecule has 0 saturated heterocycles. The minimum absolute atomic E-state index is 0.650. The van der Waals surface area contributed by atoms with Gasteiger partial charge in [-0.05, 0) is 50.0 Å². The largest absolute Gasteiger partial charge is 0.373 e. The van der Waals surface area contributed by atoms with E-state index in [2.05, 4.69) is 56.0 Å². The summed E-state index contributed by atoms with van der Waals surface area (Å²) in [5, 5.41) is 9.28. The Balaban J connectivity index is 2.36. The molecule has 0 spiro atoms. The van der Waals surface area contributed by atoms with Crippen LogP contribution in [-0.2, 0) is 0 Å². The lowest BCUT2D eigenvalue weighted by atomic mass is 10.0. The van der Waals surface area contributed by atoms with Gasteiger partial charge in [0, 0.05) is 31.5 Å². The molecule has 0 fully saturated rings. The molecule has 0 amide bonds. The number of hydrogen-bond acceptors (Lipinski definition) is 3. The van der Waals surface area contributed by atoms with Crippen molar-refractivity contribution in [2.24, 2.45) is 0 Å². The van der Waals surface area contributed by atoms with Gasteiger partial charge in [0.15, 0.2) is 0 Å². The highest BCUT2D eigenvalue weighted by molar-refractivity contribution is 5.76. The fourth-order valence-electron chi connectivity index (χ4n) is 3.18. The Morgan fingerprint density at radius 2 is 1.88 bits per heavy atom. The van der Waals surface area contributed by atoms with Crippen LogP contribution in [0.25, 0.3) is 5.57 Å². The Hall–Kier alpha value is -2.73. The molecule has 0 radical (unpaired) electrons. The van der Waals surface area contributed by atoms with E-state index in [9.17, 15) is 5.26 Å². The molecule has 1 aliphatic rings. The lowest BCUT2D eigenvalue weighted by molar-refractivity contribution is 0.326. The highest BCUT2D eigenvalue weighted by Gasteiger charge is 2.16. The van der Waals surface area contributed by atoms with E-state index in [1.54, 1.807) is 0 Å². The molecule has 25 heavy (non-hydrogen) atoms. The minimum Gasteiger partial charge on any atom is -0.373 e. The second kappa shape index (κ2) is 8.39. The molecule has 0 aromatic heterocycles. The first kappa shape index (κ1) is 18.6. The highest BCUT2D eigenvalue weighted by Crippen LogP contribution is 2.24. The quantitative estimate of drug-likeness (QED) is 0.733. The number of nitriles is 1. The number of allylic oxidation sites excluding steroid dienone is 5. The molecule has 1 aromatic rings. The summed E-state index contributed by atoms with van der Waals surface area (Å²) in [5.74, 6) is 0. The van der Waals surface area contributed by atoms with Crippen molar-refractivity contribution >= 4 is 5.57 Å². The molecule has 3 nitrogen and oxygen atoms in total. The van der Waals surface area contributed by atoms with Crippen LogP contribution in [0, 0.1) is 11.3 Å². The Kier molecular flexibility index (Phi) is 6.25. The molecule has 3 heteroatoms. The van der Waals surface area contributed by atoms with Crippen LogP contribution in [0.1, 0.15) is 37.8 Å². The normalized spacial score (nSPS) is 18.6. The lowest BCUT2D eigenvalue weighted by Gasteiger charge is -2.33. The van der Waals surface area contributed by atoms with Crippen LogP contribution in [0.3, 0.4) is 0 Å². The molecule has 0 saturated carbocycles. The van der Waals surface area contributed by atoms with Crippen LogP contribution in [-0.4, -0.2) is 29.9 Å². The fourth-order valence-corrected chi connectivity index (χ4v) is 3.18. The predicted octanol–water partition coefficient (Wildman–Crippen LogP) is 4.92. The molecule has 1 heterocycles. The molecule has 1 aromatic carbocycles. The summed E-state index contributed by atoms with van der Waals surface area (Å²) in [7, 11) is 2.12. The third-order valence-electron chi connectivity index (χ3n) is 4.61.